The van der Waals surface area contributed by atoms with Gasteiger partial charge in [-0.25, -0.2) is 4.39 Å². The molecule has 0 unspecified atom stereocenters. The Hall–Kier alpha value is -1.21. The number of halogens is 1. The molecule has 0 amide bonds. The molecule has 0 aliphatic carbocycles. The van der Waals surface area contributed by atoms with Gasteiger partial charge in [0.2, 0.25) is 0 Å². The van der Waals surface area contributed by atoms with Crippen LogP contribution in [0.3, 0.4) is 0 Å². The lowest BCUT2D eigenvalue weighted by Gasteiger charge is -2.14. The van der Waals surface area contributed by atoms with Crippen molar-refractivity contribution in [3.63, 3.8) is 0 Å². The Bertz CT molecular complexity index is 438. The molecule has 0 aliphatic rings. The maximum absolute atomic E-state index is 12.8. The monoisotopic (exact) mass is 266 g/mol. The Morgan fingerprint density at radius 2 is 2.11 bits per heavy atom. The summed E-state index contributed by atoms with van der Waals surface area (Å²) in [6.45, 7) is 3.91. The molecule has 1 aromatic rings. The summed E-state index contributed by atoms with van der Waals surface area (Å²) in [4.78, 5) is 0.927. The van der Waals surface area contributed by atoms with Crippen molar-refractivity contribution >= 4 is 17.4 Å². The van der Waals surface area contributed by atoms with Crippen molar-refractivity contribution in [1.82, 2.24) is 0 Å². The zero-order chi connectivity index (χ0) is 13.6. The van der Waals surface area contributed by atoms with Gasteiger partial charge < -0.3 is 5.73 Å². The Balaban J connectivity index is 2.29. The van der Waals surface area contributed by atoms with Crippen LogP contribution in [0.25, 0.3) is 0 Å². The van der Waals surface area contributed by atoms with Gasteiger partial charge in [0.05, 0.1) is 11.5 Å². The van der Waals surface area contributed by atoms with Crippen LogP contribution in [0.1, 0.15) is 33.1 Å². The second-order valence-electron chi connectivity index (χ2n) is 4.98. The van der Waals surface area contributed by atoms with E-state index in [1.807, 2.05) is 13.8 Å². The van der Waals surface area contributed by atoms with E-state index in [9.17, 15) is 4.39 Å². The molecule has 4 heteroatoms. The number of nitrogens with two attached hydrogens (primary N) is 1. The van der Waals surface area contributed by atoms with Crippen molar-refractivity contribution in [1.29, 1.82) is 5.26 Å². The van der Waals surface area contributed by atoms with Crippen molar-refractivity contribution in [2.24, 2.45) is 5.41 Å². The number of anilines is 1. The van der Waals surface area contributed by atoms with Crippen molar-refractivity contribution in [2.75, 3.05) is 11.5 Å². The molecular weight excluding hydrogens is 247 g/mol. The molecule has 0 saturated heterocycles. The molecule has 0 heterocycles. The second kappa shape index (κ2) is 6.65. The first-order valence-corrected chi connectivity index (χ1v) is 7.02. The summed E-state index contributed by atoms with van der Waals surface area (Å²) in [7, 11) is 0. The van der Waals surface area contributed by atoms with Gasteiger partial charge in [-0.3, -0.25) is 0 Å². The van der Waals surface area contributed by atoms with E-state index >= 15 is 0 Å². The molecule has 1 rings (SSSR count). The normalized spacial score (nSPS) is 11.2. The quantitative estimate of drug-likeness (QED) is 0.476. The van der Waals surface area contributed by atoms with Gasteiger partial charge in [-0.05, 0) is 50.6 Å². The maximum atomic E-state index is 12.8. The largest absolute Gasteiger partial charge is 0.398 e. The van der Waals surface area contributed by atoms with Crippen LogP contribution in [0, 0.1) is 22.6 Å². The third-order valence-electron chi connectivity index (χ3n) is 2.73. The molecule has 1 aromatic carbocycles. The van der Waals surface area contributed by atoms with Crippen molar-refractivity contribution < 1.29 is 4.39 Å². The molecular formula is C14H19FN2S. The number of nitriles is 1. The lowest BCUT2D eigenvalue weighted by Crippen LogP contribution is -2.07. The number of nitrogens with zero attached hydrogens (tertiary/aromatic N) is 1. The van der Waals surface area contributed by atoms with Crippen LogP contribution < -0.4 is 5.73 Å². The van der Waals surface area contributed by atoms with Crippen LogP contribution >= 0.6 is 11.8 Å². The van der Waals surface area contributed by atoms with Crippen molar-refractivity contribution in [3.8, 4) is 6.07 Å². The highest BCUT2D eigenvalue weighted by Crippen LogP contribution is 2.28. The molecule has 0 spiro atoms. The molecule has 0 radical (unpaired) electrons. The molecule has 0 aliphatic heterocycles. The first-order chi connectivity index (χ1) is 8.44. The van der Waals surface area contributed by atoms with Crippen molar-refractivity contribution in [3.05, 3.63) is 24.0 Å². The number of rotatable bonds is 6. The Kier molecular flexibility index (Phi) is 5.49. The van der Waals surface area contributed by atoms with Crippen LogP contribution in [0.15, 0.2) is 23.1 Å². The minimum Gasteiger partial charge on any atom is -0.398 e. The fraction of sp³-hybridized carbons (Fsp3) is 0.500. The van der Waals surface area contributed by atoms with Crippen LogP contribution in [-0.4, -0.2) is 5.75 Å². The van der Waals surface area contributed by atoms with E-state index in [0.717, 1.165) is 29.9 Å². The Labute approximate surface area is 112 Å². The van der Waals surface area contributed by atoms with E-state index in [1.54, 1.807) is 17.8 Å². The Morgan fingerprint density at radius 1 is 1.39 bits per heavy atom. The molecule has 2 nitrogen and oxygen atoms in total. The lowest BCUT2D eigenvalue weighted by atomic mass is 9.89. The fourth-order valence-electron chi connectivity index (χ4n) is 1.56. The number of hydrogen-bond acceptors (Lipinski definition) is 3. The topological polar surface area (TPSA) is 49.8 Å². The van der Waals surface area contributed by atoms with Crippen LogP contribution in [-0.2, 0) is 0 Å². The third-order valence-corrected chi connectivity index (χ3v) is 3.90. The smallest absolute Gasteiger partial charge is 0.125 e. The van der Waals surface area contributed by atoms with Gasteiger partial charge in [-0.2, -0.15) is 5.26 Å². The highest BCUT2D eigenvalue weighted by atomic mass is 32.2. The van der Waals surface area contributed by atoms with Gasteiger partial charge in [-0.15, -0.1) is 11.8 Å². The molecule has 2 N–H and O–H groups in total. The standard InChI is InChI=1S/C14H19FN2S/c1-14(2,10-16)7-3-4-8-18-13-6-5-11(15)9-12(13)17/h5-6,9H,3-4,7-8,17H2,1-2H3. The summed E-state index contributed by atoms with van der Waals surface area (Å²) in [6.07, 6.45) is 2.96. The molecule has 0 bridgehead atoms. The van der Waals surface area contributed by atoms with Crippen LogP contribution in [0.2, 0.25) is 0 Å². The zero-order valence-electron chi connectivity index (χ0n) is 10.9. The van der Waals surface area contributed by atoms with Gasteiger partial charge >= 0.3 is 0 Å². The summed E-state index contributed by atoms with van der Waals surface area (Å²) in [5.41, 5.74) is 5.98. The summed E-state index contributed by atoms with van der Waals surface area (Å²) in [6, 6.07) is 6.79. The Morgan fingerprint density at radius 3 is 2.72 bits per heavy atom. The number of nitrogen functional groups attached to an aromatic ring is 1. The van der Waals surface area contributed by atoms with Gasteiger partial charge in [0.1, 0.15) is 5.82 Å². The summed E-state index contributed by atoms with van der Waals surface area (Å²) in [5, 5.41) is 8.88. The molecule has 98 valence electrons. The first-order valence-electron chi connectivity index (χ1n) is 6.04. The van der Waals surface area contributed by atoms with E-state index in [-0.39, 0.29) is 11.2 Å². The average Bonchev–Trinajstić information content (AvgIpc) is 2.31. The number of hydrogen-bond donors (Lipinski definition) is 1. The van der Waals surface area contributed by atoms with Gasteiger partial charge in [-0.1, -0.05) is 6.42 Å². The highest BCUT2D eigenvalue weighted by molar-refractivity contribution is 7.99. The molecule has 0 saturated carbocycles. The second-order valence-corrected chi connectivity index (χ2v) is 6.12. The average molecular weight is 266 g/mol. The van der Waals surface area contributed by atoms with Crippen molar-refractivity contribution in [2.45, 2.75) is 38.0 Å². The van der Waals surface area contributed by atoms with E-state index < -0.39 is 0 Å². The van der Waals surface area contributed by atoms with Gasteiger partial charge in [0, 0.05) is 10.6 Å². The van der Waals surface area contributed by atoms with E-state index in [4.69, 9.17) is 11.0 Å². The highest BCUT2D eigenvalue weighted by Gasteiger charge is 2.15. The molecule has 18 heavy (non-hydrogen) atoms. The zero-order valence-corrected chi connectivity index (χ0v) is 11.7. The minimum absolute atomic E-state index is 0.237. The SMILES string of the molecule is CC(C)(C#N)CCCCSc1ccc(F)cc1N. The summed E-state index contributed by atoms with van der Waals surface area (Å²) in [5.74, 6) is 0.643. The number of benzene rings is 1. The molecule has 0 fully saturated rings. The van der Waals surface area contributed by atoms with E-state index in [2.05, 4.69) is 6.07 Å². The summed E-state index contributed by atoms with van der Waals surface area (Å²) >= 11 is 1.64. The van der Waals surface area contributed by atoms with Crippen LogP contribution in [0.4, 0.5) is 10.1 Å². The van der Waals surface area contributed by atoms with E-state index in [0.29, 0.717) is 5.69 Å². The van der Waals surface area contributed by atoms with Gasteiger partial charge in [0.15, 0.2) is 0 Å². The molecule has 0 aromatic heterocycles. The minimum atomic E-state index is -0.299. The van der Waals surface area contributed by atoms with Gasteiger partial charge in [0.25, 0.3) is 0 Å². The maximum Gasteiger partial charge on any atom is 0.125 e. The fourth-order valence-corrected chi connectivity index (χ4v) is 2.52. The predicted molar refractivity (Wildman–Crippen MR) is 74.8 cm³/mol. The summed E-state index contributed by atoms with van der Waals surface area (Å²) < 4.78 is 12.8. The number of thioether (sulfide) groups is 1. The molecule has 0 atom stereocenters. The first kappa shape index (κ1) is 14.8. The lowest BCUT2D eigenvalue weighted by molar-refractivity contribution is 0.433. The predicted octanol–water partition coefficient (Wildman–Crippen LogP) is 4.22. The van der Waals surface area contributed by atoms with E-state index in [1.165, 1.54) is 12.1 Å². The number of unbranched alkanes of at least 4 members (excludes halogenated alkanes) is 1. The van der Waals surface area contributed by atoms with Crippen LogP contribution in [0.5, 0.6) is 0 Å². The third kappa shape index (κ3) is 4.97.